The van der Waals surface area contributed by atoms with E-state index in [2.05, 4.69) is 16.0 Å². The summed E-state index contributed by atoms with van der Waals surface area (Å²) in [7, 11) is 0. The highest BCUT2D eigenvalue weighted by atomic mass is 35.5. The van der Waals surface area contributed by atoms with Crippen LogP contribution in [0.25, 0.3) is 0 Å². The number of aryl methyl sites for hydroxylation is 1. The highest BCUT2D eigenvalue weighted by molar-refractivity contribution is 5.91. The van der Waals surface area contributed by atoms with Crippen LogP contribution in [0.2, 0.25) is 0 Å². The van der Waals surface area contributed by atoms with Crippen molar-refractivity contribution in [2.45, 2.75) is 19.4 Å². The zero-order valence-electron chi connectivity index (χ0n) is 17.0. The molecule has 1 atom stereocenters. The smallest absolute Gasteiger partial charge is 0.262 e. The molecule has 1 unspecified atom stereocenters. The van der Waals surface area contributed by atoms with Gasteiger partial charge in [-0.1, -0.05) is 29.8 Å². The normalized spacial score (nSPS) is 15.6. The minimum Gasteiger partial charge on any atom is -0.484 e. The van der Waals surface area contributed by atoms with Crippen molar-refractivity contribution in [2.75, 3.05) is 38.2 Å². The molecule has 2 amide bonds. The number of nitrogens with one attached hydrogen (secondary N) is 3. The van der Waals surface area contributed by atoms with Gasteiger partial charge in [0.25, 0.3) is 5.91 Å². The van der Waals surface area contributed by atoms with E-state index in [0.29, 0.717) is 31.9 Å². The molecule has 3 rings (SSSR count). The standard InChI is InChI=1S/C22H27N3O4.ClH/c1-16-2-6-18(7-3-16)25-21(26)15-29-19-8-4-17(5-9-19)10-11-24-22(27)20-14-23-12-13-28-20;/h2-9,20,23H,10-15H2,1H3,(H,24,27)(H,25,26);1H. The Hall–Kier alpha value is -2.61. The number of halogens is 1. The quantitative estimate of drug-likeness (QED) is 0.593. The van der Waals surface area contributed by atoms with E-state index in [1.54, 1.807) is 0 Å². The summed E-state index contributed by atoms with van der Waals surface area (Å²) in [6.07, 6.45) is 0.297. The summed E-state index contributed by atoms with van der Waals surface area (Å²) in [5, 5.41) is 8.83. The average Bonchev–Trinajstić information content (AvgIpc) is 2.75. The Labute approximate surface area is 182 Å². The Balaban J connectivity index is 0.00000320. The van der Waals surface area contributed by atoms with E-state index < -0.39 is 6.10 Å². The van der Waals surface area contributed by atoms with Gasteiger partial charge in [0.15, 0.2) is 6.61 Å². The zero-order valence-corrected chi connectivity index (χ0v) is 17.8. The predicted molar refractivity (Wildman–Crippen MR) is 118 cm³/mol. The third kappa shape index (κ3) is 7.67. The van der Waals surface area contributed by atoms with Crippen molar-refractivity contribution in [3.8, 4) is 5.75 Å². The first-order valence-electron chi connectivity index (χ1n) is 9.78. The Morgan fingerprint density at radius 1 is 1.13 bits per heavy atom. The minimum absolute atomic E-state index is 0. The van der Waals surface area contributed by atoms with Gasteiger partial charge in [-0.2, -0.15) is 0 Å². The van der Waals surface area contributed by atoms with Gasteiger partial charge in [-0.15, -0.1) is 12.4 Å². The zero-order chi connectivity index (χ0) is 20.5. The number of carbonyl (C=O) groups excluding carboxylic acids is 2. The van der Waals surface area contributed by atoms with Gasteiger partial charge in [-0.05, 0) is 43.2 Å². The SMILES string of the molecule is Cc1ccc(NC(=O)COc2ccc(CCNC(=O)C3CNCCO3)cc2)cc1.Cl. The summed E-state index contributed by atoms with van der Waals surface area (Å²) in [5.41, 5.74) is 2.96. The number of benzene rings is 2. The number of hydrogen-bond acceptors (Lipinski definition) is 5. The molecule has 0 radical (unpaired) electrons. The van der Waals surface area contributed by atoms with Gasteiger partial charge in [0, 0.05) is 25.3 Å². The van der Waals surface area contributed by atoms with E-state index in [1.165, 1.54) is 0 Å². The first kappa shape index (κ1) is 23.7. The van der Waals surface area contributed by atoms with E-state index in [-0.39, 0.29) is 30.8 Å². The van der Waals surface area contributed by atoms with Crippen LogP contribution < -0.4 is 20.7 Å². The Morgan fingerprint density at radius 2 is 1.87 bits per heavy atom. The second-order valence-corrected chi connectivity index (χ2v) is 6.95. The summed E-state index contributed by atoms with van der Waals surface area (Å²) < 4.78 is 11.0. The third-order valence-electron chi connectivity index (χ3n) is 4.56. The number of hydrogen-bond donors (Lipinski definition) is 3. The van der Waals surface area contributed by atoms with E-state index in [9.17, 15) is 9.59 Å². The Kier molecular flexibility index (Phi) is 9.60. The Bertz CT molecular complexity index is 806. The second-order valence-electron chi connectivity index (χ2n) is 6.95. The van der Waals surface area contributed by atoms with E-state index in [4.69, 9.17) is 9.47 Å². The van der Waals surface area contributed by atoms with E-state index >= 15 is 0 Å². The summed E-state index contributed by atoms with van der Waals surface area (Å²) in [4.78, 5) is 24.0. The maximum Gasteiger partial charge on any atom is 0.262 e. The highest BCUT2D eigenvalue weighted by Crippen LogP contribution is 2.13. The van der Waals surface area contributed by atoms with Gasteiger partial charge in [0.1, 0.15) is 11.9 Å². The largest absolute Gasteiger partial charge is 0.484 e. The van der Waals surface area contributed by atoms with Crippen LogP contribution in [-0.4, -0.2) is 50.8 Å². The number of amides is 2. The van der Waals surface area contributed by atoms with Crippen LogP contribution in [0.1, 0.15) is 11.1 Å². The molecular formula is C22H28ClN3O4. The van der Waals surface area contributed by atoms with Crippen LogP contribution >= 0.6 is 12.4 Å². The van der Waals surface area contributed by atoms with Gasteiger partial charge < -0.3 is 25.4 Å². The third-order valence-corrected chi connectivity index (χ3v) is 4.56. The minimum atomic E-state index is -0.411. The maximum absolute atomic E-state index is 12.0. The number of rotatable bonds is 8. The molecular weight excluding hydrogens is 406 g/mol. The number of anilines is 1. The lowest BCUT2D eigenvalue weighted by molar-refractivity contribution is -0.134. The molecule has 1 fully saturated rings. The van der Waals surface area contributed by atoms with Crippen molar-refractivity contribution in [1.29, 1.82) is 0 Å². The van der Waals surface area contributed by atoms with Crippen LogP contribution in [0, 0.1) is 6.92 Å². The molecule has 162 valence electrons. The fourth-order valence-electron chi connectivity index (χ4n) is 2.91. The summed E-state index contributed by atoms with van der Waals surface area (Å²) in [6.45, 7) is 4.37. The lowest BCUT2D eigenvalue weighted by Gasteiger charge is -2.22. The van der Waals surface area contributed by atoms with Crippen molar-refractivity contribution in [3.63, 3.8) is 0 Å². The topological polar surface area (TPSA) is 88.7 Å². The molecule has 0 aromatic heterocycles. The molecule has 2 aromatic rings. The molecule has 1 saturated heterocycles. The van der Waals surface area contributed by atoms with E-state index in [0.717, 1.165) is 23.4 Å². The second kappa shape index (κ2) is 12.2. The van der Waals surface area contributed by atoms with Gasteiger partial charge in [0.2, 0.25) is 5.91 Å². The molecule has 1 heterocycles. The lowest BCUT2D eigenvalue weighted by Crippen LogP contribution is -2.48. The van der Waals surface area contributed by atoms with E-state index in [1.807, 2.05) is 55.5 Å². The van der Waals surface area contributed by atoms with Crippen LogP contribution in [0.3, 0.4) is 0 Å². The summed E-state index contributed by atoms with van der Waals surface area (Å²) in [6, 6.07) is 15.1. The number of carbonyl (C=O) groups is 2. The van der Waals surface area contributed by atoms with Crippen molar-refractivity contribution in [1.82, 2.24) is 10.6 Å². The van der Waals surface area contributed by atoms with Crippen molar-refractivity contribution in [2.24, 2.45) is 0 Å². The molecule has 7 nitrogen and oxygen atoms in total. The van der Waals surface area contributed by atoms with Crippen LogP contribution in [0.4, 0.5) is 5.69 Å². The summed E-state index contributed by atoms with van der Waals surface area (Å²) in [5.74, 6) is 0.329. The van der Waals surface area contributed by atoms with Gasteiger partial charge in [-0.25, -0.2) is 0 Å². The fraction of sp³-hybridized carbons (Fsp3) is 0.364. The summed E-state index contributed by atoms with van der Waals surface area (Å²) >= 11 is 0. The molecule has 3 N–H and O–H groups in total. The molecule has 2 aromatic carbocycles. The molecule has 1 aliphatic rings. The molecule has 1 aliphatic heterocycles. The molecule has 0 spiro atoms. The predicted octanol–water partition coefficient (Wildman–Crippen LogP) is 2.08. The molecule has 30 heavy (non-hydrogen) atoms. The van der Waals surface area contributed by atoms with Gasteiger partial charge >= 0.3 is 0 Å². The number of ether oxygens (including phenoxy) is 2. The van der Waals surface area contributed by atoms with Gasteiger partial charge in [0.05, 0.1) is 6.61 Å². The molecule has 0 bridgehead atoms. The average molecular weight is 434 g/mol. The van der Waals surface area contributed by atoms with Crippen molar-refractivity contribution >= 4 is 29.9 Å². The molecule has 8 heteroatoms. The fourth-order valence-corrected chi connectivity index (χ4v) is 2.91. The van der Waals surface area contributed by atoms with Gasteiger partial charge in [-0.3, -0.25) is 9.59 Å². The number of morpholine rings is 1. The monoisotopic (exact) mass is 433 g/mol. The first-order chi connectivity index (χ1) is 14.1. The lowest BCUT2D eigenvalue weighted by atomic mass is 10.1. The van der Waals surface area contributed by atoms with Crippen molar-refractivity contribution in [3.05, 3.63) is 59.7 Å². The highest BCUT2D eigenvalue weighted by Gasteiger charge is 2.20. The van der Waals surface area contributed by atoms with Crippen LogP contribution in [0.5, 0.6) is 5.75 Å². The van der Waals surface area contributed by atoms with Crippen LogP contribution in [0.15, 0.2) is 48.5 Å². The molecule has 0 saturated carbocycles. The van der Waals surface area contributed by atoms with Crippen molar-refractivity contribution < 1.29 is 19.1 Å². The maximum atomic E-state index is 12.0. The van der Waals surface area contributed by atoms with Crippen LogP contribution in [-0.2, 0) is 20.7 Å². The first-order valence-corrected chi connectivity index (χ1v) is 9.78. The Morgan fingerprint density at radius 3 is 2.53 bits per heavy atom. The molecule has 0 aliphatic carbocycles.